The molecule has 11 atom stereocenters. The van der Waals surface area contributed by atoms with E-state index in [1.54, 1.807) is 49.1 Å². The highest BCUT2D eigenvalue weighted by Gasteiger charge is 2.49. The van der Waals surface area contributed by atoms with E-state index in [1.807, 2.05) is 61.6 Å². The number of carbonyl (C=O) groups is 5. The van der Waals surface area contributed by atoms with Crippen LogP contribution in [0, 0.1) is 23.7 Å². The molecule has 3 aliphatic rings. The van der Waals surface area contributed by atoms with Crippen LogP contribution in [0.2, 0.25) is 0 Å². The zero-order chi connectivity index (χ0) is 45.5. The fourth-order valence-electron chi connectivity index (χ4n) is 10.3. The van der Waals surface area contributed by atoms with Crippen LogP contribution in [0.4, 0.5) is 10.5 Å². The average molecular weight is 857 g/mol. The maximum absolute atomic E-state index is 14.4. The van der Waals surface area contributed by atoms with E-state index in [-0.39, 0.29) is 61.0 Å². The molecule has 2 saturated heterocycles. The lowest BCUT2D eigenvalue weighted by Crippen LogP contribution is -2.60. The molecule has 0 aromatic heterocycles. The summed E-state index contributed by atoms with van der Waals surface area (Å²) in [7, 11) is 6.84. The van der Waals surface area contributed by atoms with Crippen LogP contribution in [0.3, 0.4) is 0 Å². The SMILES string of the molecule is CC[C@H](C)[C@@H]([C@@H](CC(=O)N1CCCC1[C@H](OC)[C@@H](C)C(=O)NC(CO)Cc1cccc(N(C(=O)O)C(C)(C)C)c1)OC)N(C)C(=O)C(NC(=O)[C@@H]1[C@H]2CC[C@H](C2)N1C)C(C)C. The van der Waals surface area contributed by atoms with Gasteiger partial charge in [0.15, 0.2) is 0 Å². The number of ether oxygens (including phenoxy) is 2. The molecule has 4 N–H and O–H groups in total. The monoisotopic (exact) mass is 857 g/mol. The van der Waals surface area contributed by atoms with Gasteiger partial charge in [-0.1, -0.05) is 53.2 Å². The highest BCUT2D eigenvalue weighted by Crippen LogP contribution is 2.41. The van der Waals surface area contributed by atoms with Crippen LogP contribution in [0.25, 0.3) is 0 Å². The quantitative estimate of drug-likeness (QED) is 0.146. The van der Waals surface area contributed by atoms with Gasteiger partial charge in [-0.3, -0.25) is 29.0 Å². The van der Waals surface area contributed by atoms with E-state index in [4.69, 9.17) is 9.47 Å². The Morgan fingerprint density at radius 1 is 1.00 bits per heavy atom. The van der Waals surface area contributed by atoms with Crippen molar-refractivity contribution in [2.75, 3.05) is 46.4 Å². The van der Waals surface area contributed by atoms with Gasteiger partial charge in [-0.25, -0.2) is 4.79 Å². The number of amides is 5. The number of likely N-dealkylation sites (tertiary alicyclic amines) is 2. The van der Waals surface area contributed by atoms with Gasteiger partial charge in [-0.15, -0.1) is 0 Å². The van der Waals surface area contributed by atoms with Crippen molar-refractivity contribution in [3.8, 4) is 0 Å². The van der Waals surface area contributed by atoms with Gasteiger partial charge < -0.3 is 40.1 Å². The number of anilines is 1. The van der Waals surface area contributed by atoms with E-state index >= 15 is 0 Å². The number of carbonyl (C=O) groups excluding carboxylic acids is 4. The van der Waals surface area contributed by atoms with Crippen molar-refractivity contribution in [3.63, 3.8) is 0 Å². The number of hydrogen-bond acceptors (Lipinski definition) is 9. The van der Waals surface area contributed by atoms with Crippen LogP contribution in [-0.2, 0) is 35.1 Å². The van der Waals surface area contributed by atoms with E-state index in [0.29, 0.717) is 30.6 Å². The first kappa shape index (κ1) is 49.9. The molecule has 1 aliphatic carbocycles. The first-order chi connectivity index (χ1) is 28.7. The molecule has 1 saturated carbocycles. The molecule has 2 bridgehead atoms. The number of benzene rings is 1. The van der Waals surface area contributed by atoms with Crippen molar-refractivity contribution < 1.29 is 43.7 Å². The zero-order valence-corrected chi connectivity index (χ0v) is 38.8. The molecule has 61 heavy (non-hydrogen) atoms. The van der Waals surface area contributed by atoms with E-state index in [9.17, 15) is 34.2 Å². The third-order valence-electron chi connectivity index (χ3n) is 13.7. The average Bonchev–Trinajstić information content (AvgIpc) is 3.96. The summed E-state index contributed by atoms with van der Waals surface area (Å²) in [6, 6.07) is 4.98. The maximum Gasteiger partial charge on any atom is 0.412 e. The summed E-state index contributed by atoms with van der Waals surface area (Å²) < 4.78 is 12.0. The van der Waals surface area contributed by atoms with Gasteiger partial charge in [-0.05, 0) is 102 Å². The van der Waals surface area contributed by atoms with Gasteiger partial charge in [0.25, 0.3) is 0 Å². The first-order valence-corrected chi connectivity index (χ1v) is 22.4. The molecular weight excluding hydrogens is 781 g/mol. The standard InChI is InChI=1S/C46H76N6O9/c1-13-28(4)39(50(10)44(57)38(27(2)3)48-43(56)40-31-19-20-33(24-31)49(40)9)36(60-11)25-37(54)51-21-15-18-35(51)41(61-12)29(5)42(55)47-32(26-53)22-30-16-14-17-34(23-30)52(45(58)59)46(6,7)8/h14,16-17,23,27-29,31-33,35-36,38-41,53H,13,15,18-22,24-26H2,1-12H3,(H,47,55)(H,48,56)(H,58,59)/t28-,29+,31-,32?,33+,35?,36+,38?,39-,40-,41+/m0/s1. The van der Waals surface area contributed by atoms with Crippen LogP contribution in [-0.4, -0.2) is 150 Å². The number of fused-ring (bicyclic) bond motifs is 2. The number of hydrogen-bond donors (Lipinski definition) is 4. The summed E-state index contributed by atoms with van der Waals surface area (Å²) in [6.07, 6.45) is 3.12. The van der Waals surface area contributed by atoms with Crippen molar-refractivity contribution in [2.24, 2.45) is 23.7 Å². The lowest BCUT2D eigenvalue weighted by Gasteiger charge is -2.41. The molecule has 5 amide bonds. The third-order valence-corrected chi connectivity index (χ3v) is 13.7. The first-order valence-electron chi connectivity index (χ1n) is 22.4. The Morgan fingerprint density at radius 3 is 2.23 bits per heavy atom. The molecule has 344 valence electrons. The van der Waals surface area contributed by atoms with Crippen LogP contribution in [0.15, 0.2) is 24.3 Å². The fraction of sp³-hybridized carbons (Fsp3) is 0.761. The molecule has 2 heterocycles. The Balaban J connectivity index is 1.45. The lowest BCUT2D eigenvalue weighted by atomic mass is 9.89. The number of carboxylic acid groups (broad SMARTS) is 1. The number of nitrogens with one attached hydrogen (secondary N) is 2. The Kier molecular flexibility index (Phi) is 17.6. The predicted octanol–water partition coefficient (Wildman–Crippen LogP) is 4.53. The topological polar surface area (TPSA) is 181 Å². The number of likely N-dealkylation sites (N-methyl/N-ethyl adjacent to an activating group) is 2. The minimum Gasteiger partial charge on any atom is -0.465 e. The Labute approximate surface area is 364 Å². The molecule has 1 aromatic rings. The van der Waals surface area contributed by atoms with Crippen LogP contribution in [0.5, 0.6) is 0 Å². The summed E-state index contributed by atoms with van der Waals surface area (Å²) in [4.78, 5) is 75.2. The third kappa shape index (κ3) is 11.6. The van der Waals surface area contributed by atoms with Crippen molar-refractivity contribution in [1.29, 1.82) is 0 Å². The molecular formula is C46H76N6O9. The van der Waals surface area contributed by atoms with Crippen LogP contribution in [0.1, 0.15) is 106 Å². The lowest BCUT2D eigenvalue weighted by molar-refractivity contribution is -0.148. The highest BCUT2D eigenvalue weighted by atomic mass is 16.5. The Morgan fingerprint density at radius 2 is 1.69 bits per heavy atom. The molecule has 3 fully saturated rings. The predicted molar refractivity (Wildman–Crippen MR) is 235 cm³/mol. The number of aliphatic hydroxyl groups excluding tert-OH is 1. The van der Waals surface area contributed by atoms with Gasteiger partial charge >= 0.3 is 6.09 Å². The van der Waals surface area contributed by atoms with E-state index in [2.05, 4.69) is 15.5 Å². The summed E-state index contributed by atoms with van der Waals surface area (Å²) in [6.45, 7) is 15.3. The van der Waals surface area contributed by atoms with Crippen molar-refractivity contribution in [1.82, 2.24) is 25.3 Å². The van der Waals surface area contributed by atoms with E-state index < -0.39 is 53.9 Å². The van der Waals surface area contributed by atoms with E-state index in [1.165, 1.54) is 12.0 Å². The summed E-state index contributed by atoms with van der Waals surface area (Å²) in [5.74, 6) is -1.41. The largest absolute Gasteiger partial charge is 0.465 e. The minimum atomic E-state index is -1.08. The van der Waals surface area contributed by atoms with Gasteiger partial charge in [0.05, 0.1) is 55.3 Å². The Bertz CT molecular complexity index is 1670. The van der Waals surface area contributed by atoms with Crippen LogP contribution < -0.4 is 15.5 Å². The second-order valence-electron chi connectivity index (χ2n) is 19.2. The van der Waals surface area contributed by atoms with E-state index in [0.717, 1.165) is 37.7 Å². The molecule has 15 heteroatoms. The van der Waals surface area contributed by atoms with Crippen molar-refractivity contribution in [3.05, 3.63) is 29.8 Å². The molecule has 1 aromatic carbocycles. The van der Waals surface area contributed by atoms with Gasteiger partial charge in [-0.2, -0.15) is 0 Å². The van der Waals surface area contributed by atoms with Gasteiger partial charge in [0.1, 0.15) is 6.04 Å². The highest BCUT2D eigenvalue weighted by molar-refractivity contribution is 5.91. The van der Waals surface area contributed by atoms with Crippen LogP contribution >= 0.6 is 0 Å². The smallest absolute Gasteiger partial charge is 0.412 e. The maximum atomic E-state index is 14.4. The summed E-state index contributed by atoms with van der Waals surface area (Å²) >= 11 is 0. The van der Waals surface area contributed by atoms with Crippen molar-refractivity contribution in [2.45, 2.75) is 161 Å². The zero-order valence-electron chi connectivity index (χ0n) is 38.8. The normalized spacial score (nSPS) is 23.8. The number of methoxy groups -OCH3 is 2. The van der Waals surface area contributed by atoms with Crippen molar-refractivity contribution >= 4 is 35.4 Å². The molecule has 0 radical (unpaired) electrons. The molecule has 2 aliphatic heterocycles. The van der Waals surface area contributed by atoms with Gasteiger partial charge in [0, 0.05) is 45.1 Å². The molecule has 3 unspecified atom stereocenters. The molecule has 0 spiro atoms. The molecule has 15 nitrogen and oxygen atoms in total. The number of piperidine rings is 1. The number of nitrogens with zero attached hydrogens (tertiary/aromatic N) is 4. The second kappa shape index (κ2) is 21.5. The van der Waals surface area contributed by atoms with Gasteiger partial charge in [0.2, 0.25) is 23.6 Å². The Hall–Kier alpha value is -3.79. The minimum absolute atomic E-state index is 0.00541. The second-order valence-corrected chi connectivity index (χ2v) is 19.2. The number of aliphatic hydroxyl groups is 1. The number of rotatable bonds is 20. The molecule has 4 rings (SSSR count). The summed E-state index contributed by atoms with van der Waals surface area (Å²) in [5.41, 5.74) is 0.555. The summed E-state index contributed by atoms with van der Waals surface area (Å²) in [5, 5.41) is 26.3. The fourth-order valence-corrected chi connectivity index (χ4v) is 10.3.